The molecule has 1 N–H and O–H groups in total. The number of hydrogen-bond acceptors (Lipinski definition) is 3. The first-order chi connectivity index (χ1) is 8.88. The Kier molecular flexibility index (Phi) is 5.37. The van der Waals surface area contributed by atoms with Crippen molar-refractivity contribution in [2.75, 3.05) is 6.54 Å². The van der Waals surface area contributed by atoms with E-state index >= 15 is 0 Å². The van der Waals surface area contributed by atoms with Crippen molar-refractivity contribution in [1.82, 2.24) is 10.3 Å². The van der Waals surface area contributed by atoms with Gasteiger partial charge in [0.25, 0.3) is 0 Å². The topological polar surface area (TPSA) is 51.2 Å². The van der Waals surface area contributed by atoms with Crippen molar-refractivity contribution in [3.63, 3.8) is 0 Å². The highest BCUT2D eigenvalue weighted by Crippen LogP contribution is 2.06. The van der Waals surface area contributed by atoms with E-state index in [-0.39, 0.29) is 0 Å². The quantitative estimate of drug-likeness (QED) is 0.657. The fraction of sp³-hybridized carbons (Fsp3) is 0.467. The van der Waals surface area contributed by atoms with Gasteiger partial charge in [0, 0.05) is 30.9 Å². The molecule has 19 heavy (non-hydrogen) atoms. The van der Waals surface area contributed by atoms with Crippen molar-refractivity contribution in [3.8, 4) is 11.8 Å². The lowest BCUT2D eigenvalue weighted by molar-refractivity contribution is 0.0529. The van der Waals surface area contributed by atoms with Crippen LogP contribution in [0.4, 0.5) is 4.79 Å². The number of hydrogen-bond donors (Lipinski definition) is 1. The maximum Gasteiger partial charge on any atom is 0.407 e. The number of nitrogens with one attached hydrogen (secondary N) is 1. The van der Waals surface area contributed by atoms with Crippen LogP contribution < -0.4 is 5.32 Å². The van der Waals surface area contributed by atoms with Gasteiger partial charge in [0.2, 0.25) is 0 Å². The van der Waals surface area contributed by atoms with Crippen LogP contribution in [-0.4, -0.2) is 23.2 Å². The van der Waals surface area contributed by atoms with E-state index in [1.54, 1.807) is 12.4 Å². The molecule has 0 aliphatic carbocycles. The zero-order valence-corrected chi connectivity index (χ0v) is 11.9. The van der Waals surface area contributed by atoms with Gasteiger partial charge in [-0.1, -0.05) is 11.8 Å². The third kappa shape index (κ3) is 6.46. The van der Waals surface area contributed by atoms with Gasteiger partial charge in [-0.05, 0) is 39.3 Å². The first-order valence-corrected chi connectivity index (χ1v) is 6.25. The second-order valence-electron chi connectivity index (χ2n) is 5.17. The van der Waals surface area contributed by atoms with E-state index in [0.717, 1.165) is 11.1 Å². The minimum atomic E-state index is -0.470. The van der Waals surface area contributed by atoms with Crippen LogP contribution in [0.2, 0.25) is 0 Å². The summed E-state index contributed by atoms with van der Waals surface area (Å²) < 4.78 is 5.11. The second kappa shape index (κ2) is 6.79. The molecule has 0 aliphatic heterocycles. The summed E-state index contributed by atoms with van der Waals surface area (Å²) in [5.74, 6) is 6.03. The maximum absolute atomic E-state index is 11.4. The summed E-state index contributed by atoms with van der Waals surface area (Å²) >= 11 is 0. The summed E-state index contributed by atoms with van der Waals surface area (Å²) in [6, 6.07) is 1.92. The summed E-state index contributed by atoms with van der Waals surface area (Å²) in [7, 11) is 0. The van der Waals surface area contributed by atoms with Crippen molar-refractivity contribution in [2.24, 2.45) is 0 Å². The summed E-state index contributed by atoms with van der Waals surface area (Å²) in [5.41, 5.74) is 1.55. The van der Waals surface area contributed by atoms with Gasteiger partial charge in [0.05, 0.1) is 0 Å². The Labute approximate surface area is 114 Å². The summed E-state index contributed by atoms with van der Waals surface area (Å²) in [6.45, 7) is 7.96. The largest absolute Gasteiger partial charge is 0.444 e. The number of alkyl carbamates (subject to hydrolysis) is 1. The fourth-order valence-corrected chi connectivity index (χ4v) is 1.29. The predicted molar refractivity (Wildman–Crippen MR) is 74.7 cm³/mol. The zero-order valence-electron chi connectivity index (χ0n) is 11.9. The van der Waals surface area contributed by atoms with Gasteiger partial charge >= 0.3 is 6.09 Å². The lowest BCUT2D eigenvalue weighted by Gasteiger charge is -2.19. The molecule has 0 saturated heterocycles. The monoisotopic (exact) mass is 260 g/mol. The standard InChI is InChI=1S/C15H20N2O2/c1-12-8-10-16-11-13(12)7-5-6-9-17-14(18)19-15(2,3)4/h8,10-11H,6,9H2,1-4H3,(H,17,18). The number of aromatic nitrogens is 1. The SMILES string of the molecule is Cc1ccncc1C#CCCNC(=O)OC(C)(C)C. The van der Waals surface area contributed by atoms with E-state index in [1.165, 1.54) is 0 Å². The van der Waals surface area contributed by atoms with Crippen molar-refractivity contribution in [3.05, 3.63) is 29.6 Å². The first kappa shape index (κ1) is 15.0. The van der Waals surface area contributed by atoms with Crippen LogP contribution in [0.5, 0.6) is 0 Å². The van der Waals surface area contributed by atoms with Crippen LogP contribution in [0, 0.1) is 18.8 Å². The maximum atomic E-state index is 11.4. The van der Waals surface area contributed by atoms with Crippen LogP contribution >= 0.6 is 0 Å². The van der Waals surface area contributed by atoms with Crippen molar-refractivity contribution < 1.29 is 9.53 Å². The van der Waals surface area contributed by atoms with E-state index < -0.39 is 11.7 Å². The van der Waals surface area contributed by atoms with Gasteiger partial charge in [0.1, 0.15) is 5.60 Å². The molecule has 4 heteroatoms. The average molecular weight is 260 g/mol. The lowest BCUT2D eigenvalue weighted by Crippen LogP contribution is -2.32. The molecule has 0 unspecified atom stereocenters. The molecular formula is C15H20N2O2. The van der Waals surface area contributed by atoms with Crippen molar-refractivity contribution >= 4 is 6.09 Å². The molecule has 4 nitrogen and oxygen atoms in total. The summed E-state index contributed by atoms with van der Waals surface area (Å²) in [5, 5.41) is 2.66. The number of pyridine rings is 1. The molecular weight excluding hydrogens is 240 g/mol. The molecule has 1 aromatic rings. The predicted octanol–water partition coefficient (Wildman–Crippen LogP) is 2.66. The Bertz CT molecular complexity index is 493. The summed E-state index contributed by atoms with van der Waals surface area (Å²) in [4.78, 5) is 15.4. The number of carbonyl (C=O) groups excluding carboxylic acids is 1. The Morgan fingerprint density at radius 1 is 1.47 bits per heavy atom. The zero-order chi connectivity index (χ0) is 14.3. The molecule has 1 aromatic heterocycles. The molecule has 0 atom stereocenters. The third-order valence-corrected chi connectivity index (χ3v) is 2.18. The molecule has 0 fully saturated rings. The van der Waals surface area contributed by atoms with Gasteiger partial charge < -0.3 is 10.1 Å². The smallest absolute Gasteiger partial charge is 0.407 e. The van der Waals surface area contributed by atoms with E-state index in [1.807, 2.05) is 33.8 Å². The fourth-order valence-electron chi connectivity index (χ4n) is 1.29. The number of rotatable bonds is 2. The minimum absolute atomic E-state index is 0.410. The summed E-state index contributed by atoms with van der Waals surface area (Å²) in [6.07, 6.45) is 3.65. The number of nitrogens with zero attached hydrogens (tertiary/aromatic N) is 1. The van der Waals surface area contributed by atoms with Gasteiger partial charge in [-0.3, -0.25) is 4.98 Å². The number of carbonyl (C=O) groups is 1. The van der Waals surface area contributed by atoms with Crippen LogP contribution in [0.1, 0.15) is 38.3 Å². The van der Waals surface area contributed by atoms with E-state index in [2.05, 4.69) is 22.1 Å². The van der Waals surface area contributed by atoms with Crippen LogP contribution in [-0.2, 0) is 4.74 Å². The molecule has 0 saturated carbocycles. The Hall–Kier alpha value is -2.02. The molecule has 0 aromatic carbocycles. The van der Waals surface area contributed by atoms with E-state index in [4.69, 9.17) is 4.74 Å². The molecule has 0 spiro atoms. The van der Waals surface area contributed by atoms with Gasteiger partial charge in [-0.15, -0.1) is 0 Å². The van der Waals surface area contributed by atoms with Crippen LogP contribution in [0.25, 0.3) is 0 Å². The molecule has 0 bridgehead atoms. The van der Waals surface area contributed by atoms with Crippen molar-refractivity contribution in [1.29, 1.82) is 0 Å². The molecule has 1 amide bonds. The molecule has 0 aliphatic rings. The molecule has 1 rings (SSSR count). The highest BCUT2D eigenvalue weighted by molar-refractivity contribution is 5.67. The normalized spacial score (nSPS) is 10.3. The molecule has 102 valence electrons. The van der Waals surface area contributed by atoms with Gasteiger partial charge in [-0.2, -0.15) is 0 Å². The Morgan fingerprint density at radius 2 is 2.21 bits per heavy atom. The molecule has 1 heterocycles. The molecule has 0 radical (unpaired) electrons. The van der Waals surface area contributed by atoms with Crippen LogP contribution in [0.15, 0.2) is 18.5 Å². The Morgan fingerprint density at radius 3 is 2.84 bits per heavy atom. The van der Waals surface area contributed by atoms with Gasteiger partial charge in [-0.25, -0.2) is 4.79 Å². The highest BCUT2D eigenvalue weighted by Gasteiger charge is 2.15. The first-order valence-electron chi connectivity index (χ1n) is 6.25. The van der Waals surface area contributed by atoms with E-state index in [9.17, 15) is 4.79 Å². The number of ether oxygens (including phenoxy) is 1. The van der Waals surface area contributed by atoms with Gasteiger partial charge in [0.15, 0.2) is 0 Å². The van der Waals surface area contributed by atoms with Crippen LogP contribution in [0.3, 0.4) is 0 Å². The lowest BCUT2D eigenvalue weighted by atomic mass is 10.2. The average Bonchev–Trinajstić information content (AvgIpc) is 2.28. The highest BCUT2D eigenvalue weighted by atomic mass is 16.6. The number of amides is 1. The minimum Gasteiger partial charge on any atom is -0.444 e. The van der Waals surface area contributed by atoms with Crippen molar-refractivity contribution in [2.45, 2.75) is 39.7 Å². The third-order valence-electron chi connectivity index (χ3n) is 2.18. The number of aryl methyl sites for hydroxylation is 1. The Balaban J connectivity index is 2.33. The second-order valence-corrected chi connectivity index (χ2v) is 5.17. The van der Waals surface area contributed by atoms with E-state index in [0.29, 0.717) is 13.0 Å².